The molecule has 0 aliphatic carbocycles. The highest BCUT2D eigenvalue weighted by molar-refractivity contribution is 8.19. The van der Waals surface area contributed by atoms with Gasteiger partial charge in [-0.25, -0.2) is 4.99 Å². The summed E-state index contributed by atoms with van der Waals surface area (Å²) in [4.78, 5) is 4.68. The van der Waals surface area contributed by atoms with Crippen LogP contribution >= 0.6 is 58.4 Å². The van der Waals surface area contributed by atoms with Gasteiger partial charge in [-0.05, 0) is 24.3 Å². The first kappa shape index (κ1) is 13.6. The Bertz CT molecular complexity index is 670. The topological polar surface area (TPSA) is 21.6 Å². The lowest BCUT2D eigenvalue weighted by Crippen LogP contribution is -1.99. The van der Waals surface area contributed by atoms with E-state index < -0.39 is 0 Å². The van der Waals surface area contributed by atoms with E-state index in [0.717, 1.165) is 25.4 Å². The zero-order valence-electron chi connectivity index (χ0n) is 9.91. The maximum atomic E-state index is 5.23. The smallest absolute Gasteiger partial charge is 0.145 e. The fourth-order valence-corrected chi connectivity index (χ4v) is 7.56. The Morgan fingerprint density at radius 2 is 1.89 bits per heavy atom. The van der Waals surface area contributed by atoms with E-state index in [1.807, 2.05) is 36.0 Å². The average Bonchev–Trinajstić information content (AvgIpc) is 2.79. The van der Waals surface area contributed by atoms with Gasteiger partial charge in [0.25, 0.3) is 0 Å². The molecule has 0 unspecified atom stereocenters. The third kappa shape index (κ3) is 3.22. The molecule has 0 saturated heterocycles. The monoisotopic (exact) mass is 343 g/mol. The number of benzene rings is 1. The van der Waals surface area contributed by atoms with Crippen LogP contribution in [0.2, 0.25) is 0 Å². The fourth-order valence-electron chi connectivity index (χ4n) is 1.53. The maximum absolute atomic E-state index is 5.23. The molecule has 2 nitrogen and oxygen atoms in total. The van der Waals surface area contributed by atoms with Gasteiger partial charge in [0.05, 0.1) is 26.3 Å². The molecular formula is C12H9NOS5. The minimum atomic E-state index is 0.854. The number of nitrogens with zero attached hydrogens (tertiary/aromatic N) is 1. The lowest BCUT2D eigenvalue weighted by molar-refractivity contribution is 0.415. The molecule has 0 spiro atoms. The molecule has 3 rings (SSSR count). The summed E-state index contributed by atoms with van der Waals surface area (Å²) in [6.07, 6.45) is 0. The second-order valence-electron chi connectivity index (χ2n) is 3.62. The summed E-state index contributed by atoms with van der Waals surface area (Å²) in [6, 6.07) is 7.81. The molecule has 1 aliphatic rings. The van der Waals surface area contributed by atoms with Crippen LogP contribution < -0.4 is 4.74 Å². The number of hydrogen-bond acceptors (Lipinski definition) is 7. The van der Waals surface area contributed by atoms with E-state index in [9.17, 15) is 0 Å². The van der Waals surface area contributed by atoms with Crippen molar-refractivity contribution in [3.63, 3.8) is 0 Å². The number of rotatable bonds is 2. The lowest BCUT2D eigenvalue weighted by atomic mass is 10.3. The predicted molar refractivity (Wildman–Crippen MR) is 89.7 cm³/mol. The van der Waals surface area contributed by atoms with Gasteiger partial charge in [-0.2, -0.15) is 0 Å². The zero-order chi connectivity index (χ0) is 13.2. The van der Waals surface area contributed by atoms with Gasteiger partial charge in [0, 0.05) is 5.75 Å². The maximum Gasteiger partial charge on any atom is 0.145 e. The van der Waals surface area contributed by atoms with Crippen molar-refractivity contribution in [1.29, 1.82) is 0 Å². The van der Waals surface area contributed by atoms with E-state index in [1.165, 1.54) is 8.42 Å². The van der Waals surface area contributed by atoms with Crippen molar-refractivity contribution in [3.05, 3.63) is 27.4 Å². The van der Waals surface area contributed by atoms with Gasteiger partial charge >= 0.3 is 0 Å². The first-order valence-electron chi connectivity index (χ1n) is 5.41. The number of aliphatic imine (C=N–C) groups is 1. The molecule has 0 amide bonds. The predicted octanol–water partition coefficient (Wildman–Crippen LogP) is 5.48. The third-order valence-corrected chi connectivity index (χ3v) is 8.04. The van der Waals surface area contributed by atoms with Gasteiger partial charge in [-0.1, -0.05) is 24.0 Å². The van der Waals surface area contributed by atoms with Crippen molar-refractivity contribution in [1.82, 2.24) is 0 Å². The highest BCUT2D eigenvalue weighted by Gasteiger charge is 2.18. The number of thioether (sulfide) groups is 2. The molecule has 2 heterocycles. The molecular weight excluding hydrogens is 334 g/mol. The first-order chi connectivity index (χ1) is 9.24. The van der Waals surface area contributed by atoms with Crippen LogP contribution in [0.4, 0.5) is 5.69 Å². The quantitative estimate of drug-likeness (QED) is 0.673. The van der Waals surface area contributed by atoms with Gasteiger partial charge in [-0.3, -0.25) is 0 Å². The third-order valence-electron chi connectivity index (χ3n) is 2.38. The Balaban J connectivity index is 1.83. The van der Waals surface area contributed by atoms with Crippen LogP contribution in [0, 0.1) is 3.14 Å². The van der Waals surface area contributed by atoms with Crippen molar-refractivity contribution < 1.29 is 4.74 Å². The van der Waals surface area contributed by atoms with Crippen LogP contribution in [0.25, 0.3) is 0 Å². The van der Waals surface area contributed by atoms with E-state index in [-0.39, 0.29) is 0 Å². The molecule has 98 valence electrons. The lowest BCUT2D eigenvalue weighted by Gasteiger charge is -2.11. The van der Waals surface area contributed by atoms with Crippen LogP contribution in [0.5, 0.6) is 5.75 Å². The van der Waals surface area contributed by atoms with Crippen molar-refractivity contribution >= 4 is 69.1 Å². The molecule has 19 heavy (non-hydrogen) atoms. The molecule has 0 fully saturated rings. The molecule has 7 heteroatoms. The van der Waals surface area contributed by atoms with Crippen molar-refractivity contribution in [3.8, 4) is 5.75 Å². The Labute approximate surface area is 132 Å². The highest BCUT2D eigenvalue weighted by atomic mass is 32.2. The van der Waals surface area contributed by atoms with Crippen molar-refractivity contribution in [2.75, 3.05) is 12.9 Å². The number of ether oxygens (including phenoxy) is 1. The second kappa shape index (κ2) is 5.97. The summed E-state index contributed by atoms with van der Waals surface area (Å²) in [5.74, 6) is 1.78. The number of methoxy groups -OCH3 is 1. The minimum absolute atomic E-state index is 0.854. The molecule has 0 atom stereocenters. The van der Waals surface area contributed by atoms with Crippen LogP contribution in [-0.2, 0) is 0 Å². The van der Waals surface area contributed by atoms with E-state index in [2.05, 4.69) is 4.99 Å². The van der Waals surface area contributed by atoms with Crippen molar-refractivity contribution in [2.45, 2.75) is 8.42 Å². The molecule has 1 aromatic carbocycles. The molecule has 0 N–H and O–H groups in total. The number of fused-ring (bicyclic) bond motifs is 1. The van der Waals surface area contributed by atoms with Crippen molar-refractivity contribution in [2.24, 2.45) is 4.99 Å². The fraction of sp³-hybridized carbons (Fsp3) is 0.167. The largest absolute Gasteiger partial charge is 0.497 e. The first-order valence-corrected chi connectivity index (χ1v) is 9.25. The SMILES string of the molecule is COc1ccc(N=C2CSc3sc(=S)sc3S2)cc1. The van der Waals surface area contributed by atoms with E-state index in [0.29, 0.717) is 0 Å². The highest BCUT2D eigenvalue weighted by Crippen LogP contribution is 2.46. The van der Waals surface area contributed by atoms with E-state index >= 15 is 0 Å². The van der Waals surface area contributed by atoms with Crippen LogP contribution in [0.3, 0.4) is 0 Å². The van der Waals surface area contributed by atoms with Crippen LogP contribution in [0.1, 0.15) is 0 Å². The molecule has 2 aromatic rings. The van der Waals surface area contributed by atoms with Crippen LogP contribution in [0.15, 0.2) is 37.7 Å². The summed E-state index contributed by atoms with van der Waals surface area (Å²) < 4.78 is 8.77. The molecule has 0 radical (unpaired) electrons. The average molecular weight is 344 g/mol. The zero-order valence-corrected chi connectivity index (χ0v) is 14.0. The normalized spacial score (nSPS) is 16.4. The Morgan fingerprint density at radius 3 is 2.63 bits per heavy atom. The number of hydrogen-bond donors (Lipinski definition) is 0. The van der Waals surface area contributed by atoms with Gasteiger partial charge in [0.2, 0.25) is 0 Å². The Kier molecular flexibility index (Phi) is 4.28. The summed E-state index contributed by atoms with van der Waals surface area (Å²) in [5.41, 5.74) is 0.964. The van der Waals surface area contributed by atoms with E-state index in [4.69, 9.17) is 17.0 Å². The van der Waals surface area contributed by atoms with Gasteiger partial charge in [-0.15, -0.1) is 34.4 Å². The van der Waals surface area contributed by atoms with Gasteiger partial charge in [0.15, 0.2) is 0 Å². The second-order valence-corrected chi connectivity index (χ2v) is 9.43. The molecule has 0 bridgehead atoms. The molecule has 0 saturated carbocycles. The van der Waals surface area contributed by atoms with Gasteiger partial charge in [0.1, 0.15) is 8.89 Å². The standard InChI is InChI=1S/C12H9NOS5/c1-14-8-4-2-7(3-5-8)13-9-6-16-10-11(17-9)19-12(15)18-10/h2-5H,6H2,1H3. The summed E-state index contributed by atoms with van der Waals surface area (Å²) >= 11 is 12.2. The van der Waals surface area contributed by atoms with E-state index in [1.54, 1.807) is 41.5 Å². The molecule has 1 aliphatic heterocycles. The summed E-state index contributed by atoms with van der Waals surface area (Å²) in [6.45, 7) is 0. The minimum Gasteiger partial charge on any atom is -0.497 e. The van der Waals surface area contributed by atoms with Gasteiger partial charge < -0.3 is 4.74 Å². The molecule has 1 aromatic heterocycles. The Hall–Kier alpha value is -0.340. The summed E-state index contributed by atoms with van der Waals surface area (Å²) in [5, 5.41) is 1.13. The van der Waals surface area contributed by atoms with Crippen LogP contribution in [-0.4, -0.2) is 17.9 Å². The Morgan fingerprint density at radius 1 is 1.16 bits per heavy atom. The summed E-state index contributed by atoms with van der Waals surface area (Å²) in [7, 11) is 1.67.